The Balaban J connectivity index is 0.00000338. The van der Waals surface area contributed by atoms with Gasteiger partial charge in [0.2, 0.25) is 5.91 Å². The van der Waals surface area contributed by atoms with Crippen LogP contribution in [0.4, 0.5) is 13.2 Å². The lowest BCUT2D eigenvalue weighted by atomic mass is 9.97. The molecule has 2 rings (SSSR count). The first kappa shape index (κ1) is 22.2. The minimum Gasteiger partial charge on any atom is -0.343 e. The van der Waals surface area contributed by atoms with Crippen molar-refractivity contribution in [2.45, 2.75) is 19.0 Å². The summed E-state index contributed by atoms with van der Waals surface area (Å²) < 4.78 is 38.8. The fraction of sp³-hybridized carbons (Fsp3) is 0.529. The van der Waals surface area contributed by atoms with E-state index in [2.05, 4.69) is 10.6 Å². The third-order valence-corrected chi connectivity index (χ3v) is 4.34. The number of likely N-dealkylation sites (tertiary alicyclic amines) is 1. The van der Waals surface area contributed by atoms with Gasteiger partial charge in [0.15, 0.2) is 0 Å². The van der Waals surface area contributed by atoms with Crippen molar-refractivity contribution in [1.29, 1.82) is 0 Å². The van der Waals surface area contributed by atoms with Crippen molar-refractivity contribution in [3.05, 3.63) is 35.4 Å². The third-order valence-electron chi connectivity index (χ3n) is 4.34. The van der Waals surface area contributed by atoms with E-state index in [9.17, 15) is 22.8 Å². The van der Waals surface area contributed by atoms with Gasteiger partial charge in [-0.15, -0.1) is 12.4 Å². The van der Waals surface area contributed by atoms with E-state index in [1.807, 2.05) is 7.05 Å². The second-order valence-electron chi connectivity index (χ2n) is 6.11. The highest BCUT2D eigenvalue weighted by atomic mass is 35.5. The maximum Gasteiger partial charge on any atom is 0.417 e. The molecule has 1 aliphatic heterocycles. The van der Waals surface area contributed by atoms with Crippen LogP contribution in [0.25, 0.3) is 0 Å². The van der Waals surface area contributed by atoms with Gasteiger partial charge in [0, 0.05) is 13.1 Å². The lowest BCUT2D eigenvalue weighted by molar-refractivity contribution is -0.137. The summed E-state index contributed by atoms with van der Waals surface area (Å²) in [4.78, 5) is 25.8. The van der Waals surface area contributed by atoms with Crippen LogP contribution in [0.15, 0.2) is 24.3 Å². The number of alkyl halides is 3. The van der Waals surface area contributed by atoms with Gasteiger partial charge in [0.25, 0.3) is 5.91 Å². The van der Waals surface area contributed by atoms with Crippen molar-refractivity contribution in [1.82, 2.24) is 15.5 Å². The summed E-state index contributed by atoms with van der Waals surface area (Å²) in [5.41, 5.74) is -1.48. The van der Waals surface area contributed by atoms with Crippen LogP contribution in [0.2, 0.25) is 0 Å². The predicted octanol–water partition coefficient (Wildman–Crippen LogP) is 2.32. The molecule has 5 nitrogen and oxygen atoms in total. The van der Waals surface area contributed by atoms with Gasteiger partial charge in [-0.2, -0.15) is 13.2 Å². The molecule has 0 atom stereocenters. The number of piperidine rings is 1. The summed E-state index contributed by atoms with van der Waals surface area (Å²) >= 11 is 0. The molecular weight excluding hydrogens is 371 g/mol. The van der Waals surface area contributed by atoms with Crippen LogP contribution in [0.3, 0.4) is 0 Å². The largest absolute Gasteiger partial charge is 0.417 e. The number of benzene rings is 1. The van der Waals surface area contributed by atoms with E-state index < -0.39 is 23.2 Å². The molecule has 0 radical (unpaired) electrons. The molecule has 146 valence electrons. The highest BCUT2D eigenvalue weighted by molar-refractivity contribution is 5.97. The van der Waals surface area contributed by atoms with Gasteiger partial charge < -0.3 is 15.5 Å². The Hall–Kier alpha value is -1.80. The zero-order chi connectivity index (χ0) is 18.4. The van der Waals surface area contributed by atoms with Gasteiger partial charge in [0.05, 0.1) is 17.7 Å². The number of nitrogens with one attached hydrogen (secondary N) is 2. The van der Waals surface area contributed by atoms with Gasteiger partial charge in [-0.25, -0.2) is 0 Å². The Bertz CT molecular complexity index is 618. The lowest BCUT2D eigenvalue weighted by Gasteiger charge is -2.32. The van der Waals surface area contributed by atoms with E-state index in [0.717, 1.165) is 31.5 Å². The number of carbonyl (C=O) groups is 2. The average molecular weight is 394 g/mol. The van der Waals surface area contributed by atoms with Crippen molar-refractivity contribution in [2.75, 3.05) is 33.2 Å². The number of carbonyl (C=O) groups excluding carboxylic acids is 2. The van der Waals surface area contributed by atoms with Crippen molar-refractivity contribution in [3.63, 3.8) is 0 Å². The quantitative estimate of drug-likeness (QED) is 0.807. The second-order valence-corrected chi connectivity index (χ2v) is 6.11. The topological polar surface area (TPSA) is 61.4 Å². The molecule has 0 aromatic heterocycles. The number of halogens is 4. The van der Waals surface area contributed by atoms with Crippen molar-refractivity contribution in [3.8, 4) is 0 Å². The van der Waals surface area contributed by atoms with Gasteiger partial charge >= 0.3 is 6.18 Å². The van der Waals surface area contributed by atoms with Crippen molar-refractivity contribution < 1.29 is 22.8 Å². The molecule has 9 heteroatoms. The minimum absolute atomic E-state index is 0. The maximum atomic E-state index is 12.9. The molecule has 2 N–H and O–H groups in total. The molecule has 1 saturated heterocycles. The normalized spacial score (nSPS) is 15.3. The first-order valence-electron chi connectivity index (χ1n) is 8.19. The summed E-state index contributed by atoms with van der Waals surface area (Å²) in [6.45, 7) is 1.79. The Morgan fingerprint density at radius 3 is 2.38 bits per heavy atom. The smallest absolute Gasteiger partial charge is 0.343 e. The summed E-state index contributed by atoms with van der Waals surface area (Å²) in [7, 11) is 1.88. The molecule has 1 aliphatic rings. The Kier molecular flexibility index (Phi) is 8.36. The van der Waals surface area contributed by atoms with Gasteiger partial charge in [-0.05, 0) is 44.5 Å². The highest BCUT2D eigenvalue weighted by Gasteiger charge is 2.35. The summed E-state index contributed by atoms with van der Waals surface area (Å²) in [6, 6.07) is 4.54. The summed E-state index contributed by atoms with van der Waals surface area (Å²) in [5, 5.41) is 5.41. The van der Waals surface area contributed by atoms with Crippen LogP contribution < -0.4 is 10.6 Å². The van der Waals surface area contributed by atoms with Gasteiger partial charge in [0.1, 0.15) is 0 Å². The van der Waals surface area contributed by atoms with E-state index in [1.165, 1.54) is 12.1 Å². The molecular formula is C17H23ClF3N3O2. The zero-order valence-electron chi connectivity index (χ0n) is 14.4. The highest BCUT2D eigenvalue weighted by Crippen LogP contribution is 2.31. The molecule has 0 unspecified atom stereocenters. The SMILES string of the molecule is CNCC1CCN(C(=O)CNC(=O)c2ccccc2C(F)(F)F)CC1.Cl. The minimum atomic E-state index is -4.62. The van der Waals surface area contributed by atoms with E-state index in [4.69, 9.17) is 0 Å². The fourth-order valence-electron chi connectivity index (χ4n) is 2.97. The van der Waals surface area contributed by atoms with Crippen LogP contribution in [0.1, 0.15) is 28.8 Å². The molecule has 1 fully saturated rings. The van der Waals surface area contributed by atoms with Crippen molar-refractivity contribution in [2.24, 2.45) is 5.92 Å². The Morgan fingerprint density at radius 1 is 1.19 bits per heavy atom. The van der Waals surface area contributed by atoms with E-state index in [1.54, 1.807) is 4.90 Å². The molecule has 1 aromatic rings. The summed E-state index contributed by atoms with van der Waals surface area (Å²) in [6.07, 6.45) is -2.87. The third kappa shape index (κ3) is 5.88. The molecule has 0 spiro atoms. The first-order valence-corrected chi connectivity index (χ1v) is 8.19. The number of amides is 2. The predicted molar refractivity (Wildman–Crippen MR) is 94.3 cm³/mol. The molecule has 26 heavy (non-hydrogen) atoms. The molecule has 0 saturated carbocycles. The number of hydrogen-bond acceptors (Lipinski definition) is 3. The number of nitrogens with zero attached hydrogens (tertiary/aromatic N) is 1. The number of rotatable bonds is 5. The van der Waals surface area contributed by atoms with Crippen LogP contribution in [-0.4, -0.2) is 49.9 Å². The second kappa shape index (κ2) is 9.78. The first-order chi connectivity index (χ1) is 11.8. The van der Waals surface area contributed by atoms with Crippen LogP contribution >= 0.6 is 12.4 Å². The van der Waals surface area contributed by atoms with Crippen LogP contribution in [0, 0.1) is 5.92 Å². The fourth-order valence-corrected chi connectivity index (χ4v) is 2.97. The molecule has 2 amide bonds. The van der Waals surface area contributed by atoms with Crippen LogP contribution in [0.5, 0.6) is 0 Å². The van der Waals surface area contributed by atoms with Crippen molar-refractivity contribution >= 4 is 24.2 Å². The Labute approximate surface area is 156 Å². The van der Waals surface area contributed by atoms with E-state index >= 15 is 0 Å². The maximum absolute atomic E-state index is 12.9. The Morgan fingerprint density at radius 2 is 1.81 bits per heavy atom. The average Bonchev–Trinajstić information content (AvgIpc) is 2.59. The van der Waals surface area contributed by atoms with Gasteiger partial charge in [-0.3, -0.25) is 9.59 Å². The van der Waals surface area contributed by atoms with Crippen LogP contribution in [-0.2, 0) is 11.0 Å². The molecule has 1 aromatic carbocycles. The number of hydrogen-bond donors (Lipinski definition) is 2. The van der Waals surface area contributed by atoms with Gasteiger partial charge in [-0.1, -0.05) is 12.1 Å². The zero-order valence-corrected chi connectivity index (χ0v) is 15.3. The molecule has 0 aliphatic carbocycles. The molecule has 1 heterocycles. The lowest BCUT2D eigenvalue weighted by Crippen LogP contribution is -2.45. The summed E-state index contributed by atoms with van der Waals surface area (Å²) in [5.74, 6) is -0.658. The molecule has 0 bridgehead atoms. The van der Waals surface area contributed by atoms with E-state index in [-0.39, 0.29) is 24.9 Å². The standard InChI is InChI=1S/C17H22F3N3O2.ClH/c1-21-10-12-6-8-23(9-7-12)15(24)11-22-16(25)13-4-2-3-5-14(13)17(18,19)20;/h2-5,12,21H,6-11H2,1H3,(H,22,25);1H. The monoisotopic (exact) mass is 393 g/mol. The van der Waals surface area contributed by atoms with E-state index in [0.29, 0.717) is 19.0 Å².